The lowest BCUT2D eigenvalue weighted by atomic mass is 9.81. The third-order valence-corrected chi connectivity index (χ3v) is 3.39. The van der Waals surface area contributed by atoms with E-state index in [4.69, 9.17) is 5.73 Å². The highest BCUT2D eigenvalue weighted by atomic mass is 16.3. The fraction of sp³-hybridized carbons (Fsp3) is 0.923. The first-order valence-electron chi connectivity index (χ1n) is 6.73. The largest absolute Gasteiger partial charge is 0.396 e. The molecule has 0 spiro atoms. The van der Waals surface area contributed by atoms with Gasteiger partial charge in [-0.15, -0.1) is 0 Å². The molecule has 0 unspecified atom stereocenters. The van der Waals surface area contributed by atoms with Crippen molar-refractivity contribution in [2.45, 2.75) is 57.7 Å². The molecule has 0 aromatic carbocycles. The molecule has 5 nitrogen and oxygen atoms in total. The summed E-state index contributed by atoms with van der Waals surface area (Å²) < 4.78 is 0. The molecule has 0 aromatic rings. The van der Waals surface area contributed by atoms with E-state index in [0.717, 1.165) is 19.3 Å². The predicted octanol–water partition coefficient (Wildman–Crippen LogP) is -0.0210. The lowest BCUT2D eigenvalue weighted by Crippen LogP contribution is -2.53. The Morgan fingerprint density at radius 3 is 2.56 bits per heavy atom. The third-order valence-electron chi connectivity index (χ3n) is 3.39. The van der Waals surface area contributed by atoms with Crippen LogP contribution in [0.3, 0.4) is 0 Å². The van der Waals surface area contributed by atoms with Crippen LogP contribution in [0.2, 0.25) is 0 Å². The highest BCUT2D eigenvalue weighted by Crippen LogP contribution is 2.26. The van der Waals surface area contributed by atoms with Gasteiger partial charge in [-0.1, -0.05) is 0 Å². The second-order valence-electron chi connectivity index (χ2n) is 6.23. The highest BCUT2D eigenvalue weighted by Gasteiger charge is 2.32. The molecule has 5 heteroatoms. The Kier molecular flexibility index (Phi) is 5.56. The molecule has 3 atom stereocenters. The summed E-state index contributed by atoms with van der Waals surface area (Å²) in [7, 11) is 0. The quantitative estimate of drug-likeness (QED) is 0.570. The number of nitrogens with one attached hydrogen (secondary N) is 2. The minimum atomic E-state index is -0.138. The van der Waals surface area contributed by atoms with E-state index in [-0.39, 0.29) is 36.6 Å². The van der Waals surface area contributed by atoms with Crippen molar-refractivity contribution in [1.29, 1.82) is 0 Å². The smallest absolute Gasteiger partial charge is 0.233 e. The SMILES string of the molecule is CC(C)(C)N[C@@H]1CC[C@H](NC(=O)CN)[C@H](CO)C1. The van der Waals surface area contributed by atoms with E-state index in [0.29, 0.717) is 6.04 Å². The first-order chi connectivity index (χ1) is 8.35. The lowest BCUT2D eigenvalue weighted by Gasteiger charge is -2.39. The molecular weight excluding hydrogens is 230 g/mol. The molecule has 18 heavy (non-hydrogen) atoms. The Morgan fingerprint density at radius 2 is 2.06 bits per heavy atom. The summed E-state index contributed by atoms with van der Waals surface area (Å²) in [6.45, 7) is 6.55. The number of rotatable bonds is 4. The van der Waals surface area contributed by atoms with Crippen LogP contribution in [-0.4, -0.2) is 41.8 Å². The summed E-state index contributed by atoms with van der Waals surface area (Å²) >= 11 is 0. The Bertz CT molecular complexity index is 276. The molecule has 0 aromatic heterocycles. The molecule has 1 rings (SSSR count). The highest BCUT2D eigenvalue weighted by molar-refractivity contribution is 5.78. The Labute approximate surface area is 110 Å². The monoisotopic (exact) mass is 257 g/mol. The molecule has 1 aliphatic rings. The topological polar surface area (TPSA) is 87.4 Å². The molecule has 5 N–H and O–H groups in total. The molecule has 0 radical (unpaired) electrons. The minimum Gasteiger partial charge on any atom is -0.396 e. The number of aliphatic hydroxyl groups excluding tert-OH is 1. The summed E-state index contributed by atoms with van der Waals surface area (Å²) in [5, 5.41) is 15.9. The lowest BCUT2D eigenvalue weighted by molar-refractivity contribution is -0.121. The summed E-state index contributed by atoms with van der Waals surface area (Å²) in [6.07, 6.45) is 2.80. The van der Waals surface area contributed by atoms with Gasteiger partial charge in [-0.2, -0.15) is 0 Å². The normalized spacial score (nSPS) is 29.1. The van der Waals surface area contributed by atoms with Gasteiger partial charge in [0.1, 0.15) is 0 Å². The van der Waals surface area contributed by atoms with E-state index in [2.05, 4.69) is 31.4 Å². The van der Waals surface area contributed by atoms with Gasteiger partial charge in [0.25, 0.3) is 0 Å². The third kappa shape index (κ3) is 4.92. The molecular formula is C13H27N3O2. The number of carbonyl (C=O) groups excluding carboxylic acids is 1. The van der Waals surface area contributed by atoms with Crippen molar-refractivity contribution in [2.75, 3.05) is 13.2 Å². The number of carbonyl (C=O) groups is 1. The molecule has 1 fully saturated rings. The second-order valence-corrected chi connectivity index (χ2v) is 6.23. The van der Waals surface area contributed by atoms with Gasteiger partial charge in [0.2, 0.25) is 5.91 Å². The summed E-state index contributed by atoms with van der Waals surface area (Å²) in [5.74, 6) is -0.0187. The van der Waals surface area contributed by atoms with Gasteiger partial charge < -0.3 is 21.5 Å². The van der Waals surface area contributed by atoms with E-state index < -0.39 is 0 Å². The van der Waals surface area contributed by atoms with E-state index in [1.807, 2.05) is 0 Å². The van der Waals surface area contributed by atoms with Crippen LogP contribution < -0.4 is 16.4 Å². The van der Waals surface area contributed by atoms with Crippen LogP contribution in [0.1, 0.15) is 40.0 Å². The van der Waals surface area contributed by atoms with Crippen molar-refractivity contribution < 1.29 is 9.90 Å². The first-order valence-corrected chi connectivity index (χ1v) is 6.73. The molecule has 1 aliphatic carbocycles. The van der Waals surface area contributed by atoms with Gasteiger partial charge in [-0.3, -0.25) is 4.79 Å². The number of nitrogens with two attached hydrogens (primary N) is 1. The predicted molar refractivity (Wildman–Crippen MR) is 72.1 cm³/mol. The van der Waals surface area contributed by atoms with Crippen molar-refractivity contribution in [3.05, 3.63) is 0 Å². The van der Waals surface area contributed by atoms with Gasteiger partial charge in [0, 0.05) is 30.1 Å². The van der Waals surface area contributed by atoms with Crippen LogP contribution in [0.5, 0.6) is 0 Å². The zero-order valence-electron chi connectivity index (χ0n) is 11.7. The second kappa shape index (κ2) is 6.50. The standard InChI is InChI=1S/C13H27N3O2/c1-13(2,3)16-10-4-5-11(9(6-10)8-17)15-12(18)7-14/h9-11,16-17H,4-8,14H2,1-3H3,(H,15,18)/t9-,10+,11-/m0/s1. The molecule has 106 valence electrons. The Balaban J connectivity index is 2.51. The van der Waals surface area contributed by atoms with Crippen LogP contribution in [0.25, 0.3) is 0 Å². The average Bonchev–Trinajstić information content (AvgIpc) is 2.28. The van der Waals surface area contributed by atoms with Crippen LogP contribution in [0.15, 0.2) is 0 Å². The molecule has 0 aliphatic heterocycles. The number of hydrogen-bond acceptors (Lipinski definition) is 4. The fourth-order valence-electron chi connectivity index (χ4n) is 2.66. The maximum absolute atomic E-state index is 11.3. The molecule has 1 amide bonds. The molecule has 0 saturated heterocycles. The number of hydrogen-bond donors (Lipinski definition) is 4. The van der Waals surface area contributed by atoms with E-state index in [1.54, 1.807) is 0 Å². The average molecular weight is 257 g/mol. The van der Waals surface area contributed by atoms with Gasteiger partial charge in [0.15, 0.2) is 0 Å². The fourth-order valence-corrected chi connectivity index (χ4v) is 2.66. The Hall–Kier alpha value is -0.650. The van der Waals surface area contributed by atoms with Crippen LogP contribution >= 0.6 is 0 Å². The molecule has 1 saturated carbocycles. The van der Waals surface area contributed by atoms with Crippen LogP contribution in [-0.2, 0) is 4.79 Å². The van der Waals surface area contributed by atoms with E-state index >= 15 is 0 Å². The van der Waals surface area contributed by atoms with Crippen LogP contribution in [0, 0.1) is 5.92 Å². The van der Waals surface area contributed by atoms with Crippen LogP contribution in [0.4, 0.5) is 0 Å². The van der Waals surface area contributed by atoms with Crippen molar-refractivity contribution in [1.82, 2.24) is 10.6 Å². The zero-order chi connectivity index (χ0) is 13.8. The van der Waals surface area contributed by atoms with Crippen molar-refractivity contribution in [2.24, 2.45) is 11.7 Å². The van der Waals surface area contributed by atoms with Gasteiger partial charge in [-0.25, -0.2) is 0 Å². The maximum Gasteiger partial charge on any atom is 0.233 e. The zero-order valence-corrected chi connectivity index (χ0v) is 11.7. The van der Waals surface area contributed by atoms with Crippen molar-refractivity contribution >= 4 is 5.91 Å². The summed E-state index contributed by atoms with van der Waals surface area (Å²) in [6, 6.07) is 0.470. The first kappa shape index (κ1) is 15.4. The molecule has 0 heterocycles. The van der Waals surface area contributed by atoms with E-state index in [9.17, 15) is 9.90 Å². The number of amides is 1. The van der Waals surface area contributed by atoms with E-state index in [1.165, 1.54) is 0 Å². The van der Waals surface area contributed by atoms with Gasteiger partial charge in [-0.05, 0) is 40.0 Å². The van der Waals surface area contributed by atoms with Crippen molar-refractivity contribution in [3.63, 3.8) is 0 Å². The summed E-state index contributed by atoms with van der Waals surface area (Å²) in [4.78, 5) is 11.3. The number of aliphatic hydroxyl groups is 1. The Morgan fingerprint density at radius 1 is 1.39 bits per heavy atom. The summed E-state index contributed by atoms with van der Waals surface area (Å²) in [5.41, 5.74) is 5.38. The maximum atomic E-state index is 11.3. The van der Waals surface area contributed by atoms with Gasteiger partial charge >= 0.3 is 0 Å². The van der Waals surface area contributed by atoms with Crippen molar-refractivity contribution in [3.8, 4) is 0 Å². The molecule has 0 bridgehead atoms. The van der Waals surface area contributed by atoms with Gasteiger partial charge in [0.05, 0.1) is 6.54 Å². The minimum absolute atomic E-state index is 0.0122.